The van der Waals surface area contributed by atoms with Crippen LogP contribution in [0, 0.1) is 11.8 Å². The van der Waals surface area contributed by atoms with Crippen molar-refractivity contribution in [3.63, 3.8) is 0 Å². The van der Waals surface area contributed by atoms with Gasteiger partial charge in [0, 0.05) is 50.7 Å². The predicted molar refractivity (Wildman–Crippen MR) is 108 cm³/mol. The predicted octanol–water partition coefficient (Wildman–Crippen LogP) is 1.92. The van der Waals surface area contributed by atoms with Gasteiger partial charge in [-0.2, -0.15) is 0 Å². The van der Waals surface area contributed by atoms with Crippen molar-refractivity contribution in [1.29, 1.82) is 0 Å². The second-order valence-corrected chi connectivity index (χ2v) is 9.00. The molecule has 6 heteroatoms. The Morgan fingerprint density at radius 2 is 1.96 bits per heavy atom. The minimum atomic E-state index is 0.0684. The molecule has 2 heterocycles. The Morgan fingerprint density at radius 3 is 2.58 bits per heavy atom. The zero-order chi connectivity index (χ0) is 19.3. The minimum absolute atomic E-state index is 0.0684. The molecule has 2 N–H and O–H groups in total. The summed E-state index contributed by atoms with van der Waals surface area (Å²) in [6.45, 7) is 15.7. The maximum absolute atomic E-state index is 12.2. The fourth-order valence-electron chi connectivity index (χ4n) is 3.98. The smallest absolute Gasteiger partial charge is 0.225 e. The number of likely N-dealkylation sites (tertiary alicyclic amines) is 2. The summed E-state index contributed by atoms with van der Waals surface area (Å²) in [6, 6.07) is 0.280. The highest BCUT2D eigenvalue weighted by Gasteiger charge is 2.31. The average molecular weight is 366 g/mol. The molecular weight excluding hydrogens is 326 g/mol. The molecule has 1 amide bonds. The first-order valence-electron chi connectivity index (χ1n) is 10.2. The van der Waals surface area contributed by atoms with Crippen LogP contribution in [0.1, 0.15) is 53.9 Å². The molecular formula is C20H39N5O. The molecule has 0 aromatic carbocycles. The lowest BCUT2D eigenvalue weighted by atomic mass is 9.93. The van der Waals surface area contributed by atoms with Gasteiger partial charge < -0.3 is 15.5 Å². The molecule has 150 valence electrons. The average Bonchev–Trinajstić information content (AvgIpc) is 3.06. The summed E-state index contributed by atoms with van der Waals surface area (Å²) in [5.74, 6) is 1.94. The molecule has 0 aliphatic carbocycles. The molecule has 6 nitrogen and oxygen atoms in total. The van der Waals surface area contributed by atoms with Gasteiger partial charge in [-0.05, 0) is 45.6 Å². The van der Waals surface area contributed by atoms with Crippen LogP contribution in [-0.4, -0.2) is 73.0 Å². The number of carbonyl (C=O) groups is 1. The van der Waals surface area contributed by atoms with E-state index in [9.17, 15) is 4.79 Å². The number of hydrogen-bond acceptors (Lipinski definition) is 3. The fourth-order valence-corrected chi connectivity index (χ4v) is 3.98. The summed E-state index contributed by atoms with van der Waals surface area (Å²) < 4.78 is 0. The van der Waals surface area contributed by atoms with Gasteiger partial charge in [-0.15, -0.1) is 0 Å². The second-order valence-electron chi connectivity index (χ2n) is 9.00. The number of guanidine groups is 1. The van der Waals surface area contributed by atoms with E-state index in [-0.39, 0.29) is 23.4 Å². The van der Waals surface area contributed by atoms with E-state index in [0.29, 0.717) is 0 Å². The fraction of sp³-hybridized carbons (Fsp3) is 0.900. The van der Waals surface area contributed by atoms with Crippen LogP contribution in [0.25, 0.3) is 0 Å². The molecule has 2 fully saturated rings. The van der Waals surface area contributed by atoms with E-state index < -0.39 is 0 Å². The SMILES string of the molecule is CN=C(NCC(C)(C)N1CCCC(C)C1)NC1CCN(C(=O)C(C)C)C1. The standard InChI is InChI=1S/C20H39N5O/c1-15(2)18(26)24-11-9-17(13-24)23-19(21-6)22-14-20(4,5)25-10-7-8-16(3)12-25/h15-17H,7-14H2,1-6H3,(H2,21,22,23). The minimum Gasteiger partial charge on any atom is -0.355 e. The number of piperidine rings is 1. The van der Waals surface area contributed by atoms with Crippen LogP contribution >= 0.6 is 0 Å². The third-order valence-corrected chi connectivity index (χ3v) is 5.76. The van der Waals surface area contributed by atoms with Gasteiger partial charge in [0.1, 0.15) is 0 Å². The normalized spacial score (nSPS) is 25.7. The molecule has 2 atom stereocenters. The van der Waals surface area contributed by atoms with Crippen LogP contribution in [0.15, 0.2) is 4.99 Å². The quantitative estimate of drug-likeness (QED) is 0.577. The van der Waals surface area contributed by atoms with Crippen molar-refractivity contribution < 1.29 is 4.79 Å². The molecule has 0 spiro atoms. The Labute approximate surface area is 159 Å². The number of nitrogens with one attached hydrogen (secondary N) is 2. The lowest BCUT2D eigenvalue weighted by Gasteiger charge is -2.43. The van der Waals surface area contributed by atoms with E-state index in [0.717, 1.165) is 37.9 Å². The molecule has 26 heavy (non-hydrogen) atoms. The van der Waals surface area contributed by atoms with Crippen LogP contribution in [0.2, 0.25) is 0 Å². The molecule has 0 aromatic heterocycles. The summed E-state index contributed by atoms with van der Waals surface area (Å²) in [6.07, 6.45) is 3.61. The van der Waals surface area contributed by atoms with Crippen molar-refractivity contribution in [1.82, 2.24) is 20.4 Å². The van der Waals surface area contributed by atoms with Gasteiger partial charge in [-0.3, -0.25) is 14.7 Å². The molecule has 2 unspecified atom stereocenters. The first-order chi connectivity index (χ1) is 12.2. The van der Waals surface area contributed by atoms with Crippen molar-refractivity contribution in [2.24, 2.45) is 16.8 Å². The van der Waals surface area contributed by atoms with Crippen molar-refractivity contribution in [2.45, 2.75) is 65.5 Å². The highest BCUT2D eigenvalue weighted by molar-refractivity contribution is 5.81. The van der Waals surface area contributed by atoms with E-state index in [2.05, 4.69) is 41.3 Å². The van der Waals surface area contributed by atoms with Crippen LogP contribution < -0.4 is 10.6 Å². The van der Waals surface area contributed by atoms with Gasteiger partial charge in [0.2, 0.25) is 5.91 Å². The van der Waals surface area contributed by atoms with Gasteiger partial charge in [0.15, 0.2) is 5.96 Å². The summed E-state index contributed by atoms with van der Waals surface area (Å²) >= 11 is 0. The van der Waals surface area contributed by atoms with Crippen molar-refractivity contribution >= 4 is 11.9 Å². The van der Waals surface area contributed by atoms with Crippen molar-refractivity contribution in [3.05, 3.63) is 0 Å². The first kappa shape index (κ1) is 21.0. The van der Waals surface area contributed by atoms with Crippen LogP contribution in [0.4, 0.5) is 0 Å². The highest BCUT2D eigenvalue weighted by atomic mass is 16.2. The second kappa shape index (κ2) is 9.07. The zero-order valence-corrected chi connectivity index (χ0v) is 17.6. The van der Waals surface area contributed by atoms with Crippen LogP contribution in [-0.2, 0) is 4.79 Å². The third kappa shape index (κ3) is 5.60. The molecule has 0 radical (unpaired) electrons. The van der Waals surface area contributed by atoms with Gasteiger partial charge in [-0.1, -0.05) is 20.8 Å². The topological polar surface area (TPSA) is 60.0 Å². The molecule has 2 aliphatic rings. The van der Waals surface area contributed by atoms with E-state index >= 15 is 0 Å². The number of hydrogen-bond donors (Lipinski definition) is 2. The molecule has 0 aromatic rings. The van der Waals surface area contributed by atoms with Gasteiger partial charge in [0.05, 0.1) is 0 Å². The number of carbonyl (C=O) groups excluding carboxylic acids is 1. The number of nitrogens with zero attached hydrogens (tertiary/aromatic N) is 3. The summed E-state index contributed by atoms with van der Waals surface area (Å²) in [5.41, 5.74) is 0.0988. The van der Waals surface area contributed by atoms with E-state index in [1.54, 1.807) is 0 Å². The summed E-state index contributed by atoms with van der Waals surface area (Å²) in [5, 5.41) is 7.01. The molecule has 0 saturated carbocycles. The van der Waals surface area contributed by atoms with Crippen molar-refractivity contribution in [2.75, 3.05) is 39.8 Å². The molecule has 0 bridgehead atoms. The largest absolute Gasteiger partial charge is 0.355 e. The lowest BCUT2D eigenvalue weighted by molar-refractivity contribution is -0.133. The first-order valence-corrected chi connectivity index (χ1v) is 10.2. The van der Waals surface area contributed by atoms with E-state index in [1.807, 2.05) is 25.8 Å². The third-order valence-electron chi connectivity index (χ3n) is 5.76. The maximum Gasteiger partial charge on any atom is 0.225 e. The lowest BCUT2D eigenvalue weighted by Crippen LogP contribution is -2.56. The number of rotatable bonds is 5. The van der Waals surface area contributed by atoms with Gasteiger partial charge in [0.25, 0.3) is 0 Å². The van der Waals surface area contributed by atoms with Crippen LogP contribution in [0.3, 0.4) is 0 Å². The Balaban J connectivity index is 1.81. The summed E-state index contributed by atoms with van der Waals surface area (Å²) in [4.78, 5) is 21.1. The van der Waals surface area contributed by atoms with E-state index in [4.69, 9.17) is 0 Å². The van der Waals surface area contributed by atoms with E-state index in [1.165, 1.54) is 25.9 Å². The molecule has 2 aliphatic heterocycles. The molecule has 2 rings (SSSR count). The highest BCUT2D eigenvalue weighted by Crippen LogP contribution is 2.23. The number of aliphatic imine (C=N–C) groups is 1. The maximum atomic E-state index is 12.2. The van der Waals surface area contributed by atoms with Crippen molar-refractivity contribution in [3.8, 4) is 0 Å². The Morgan fingerprint density at radius 1 is 1.23 bits per heavy atom. The van der Waals surface area contributed by atoms with Gasteiger partial charge >= 0.3 is 0 Å². The monoisotopic (exact) mass is 365 g/mol. The Hall–Kier alpha value is -1.30. The van der Waals surface area contributed by atoms with Crippen LogP contribution in [0.5, 0.6) is 0 Å². The molecule has 2 saturated heterocycles. The van der Waals surface area contributed by atoms with Gasteiger partial charge in [-0.25, -0.2) is 0 Å². The Bertz CT molecular complexity index is 502. The Kier molecular flexibility index (Phi) is 7.33. The zero-order valence-electron chi connectivity index (χ0n) is 17.6. The summed E-state index contributed by atoms with van der Waals surface area (Å²) in [7, 11) is 1.82. The number of amides is 1.